The first-order valence-corrected chi connectivity index (χ1v) is 12.2. The van der Waals surface area contributed by atoms with Crippen molar-refractivity contribution in [1.29, 1.82) is 0 Å². The number of carbonyl (C=O) groups is 3. The molecule has 0 spiro atoms. The van der Waals surface area contributed by atoms with Crippen LogP contribution < -0.4 is 5.32 Å². The zero-order valence-corrected chi connectivity index (χ0v) is 20.0. The molecule has 186 valence electrons. The summed E-state index contributed by atoms with van der Waals surface area (Å²) < 4.78 is 5.67. The van der Waals surface area contributed by atoms with Crippen LogP contribution in [-0.4, -0.2) is 47.5 Å². The molecule has 2 N–H and O–H groups in total. The number of hydrogen-bond donors (Lipinski definition) is 2. The highest BCUT2D eigenvalue weighted by Crippen LogP contribution is 2.20. The molecule has 7 nitrogen and oxygen atoms in total. The number of benzene rings is 2. The summed E-state index contributed by atoms with van der Waals surface area (Å²) in [5, 5.41) is 12.4. The van der Waals surface area contributed by atoms with Crippen molar-refractivity contribution in [3.05, 3.63) is 83.9 Å². The van der Waals surface area contributed by atoms with Crippen LogP contribution in [0, 0.1) is 5.92 Å². The van der Waals surface area contributed by atoms with E-state index in [2.05, 4.69) is 5.32 Å². The topological polar surface area (TPSA) is 95.9 Å². The zero-order chi connectivity index (χ0) is 24.9. The van der Waals surface area contributed by atoms with Gasteiger partial charge in [-0.05, 0) is 30.4 Å². The number of nitrogens with zero attached hydrogens (tertiary/aromatic N) is 1. The molecule has 0 saturated carbocycles. The zero-order valence-electron chi connectivity index (χ0n) is 20.0. The normalized spacial score (nSPS) is 19.5. The number of rotatable bonds is 7. The lowest BCUT2D eigenvalue weighted by molar-refractivity contribution is -0.150. The molecular formula is C28H34N2O5. The van der Waals surface area contributed by atoms with Gasteiger partial charge in [0.1, 0.15) is 6.10 Å². The Morgan fingerprint density at radius 1 is 1.03 bits per heavy atom. The Hall–Kier alpha value is -3.45. The van der Waals surface area contributed by atoms with E-state index in [9.17, 15) is 19.5 Å². The molecule has 0 bridgehead atoms. The third-order valence-electron chi connectivity index (χ3n) is 5.98. The predicted octanol–water partition coefficient (Wildman–Crippen LogP) is 3.54. The van der Waals surface area contributed by atoms with Gasteiger partial charge in [-0.1, -0.05) is 72.8 Å². The van der Waals surface area contributed by atoms with Crippen LogP contribution in [0.2, 0.25) is 0 Å². The number of nitrogens with one attached hydrogen (secondary N) is 1. The molecule has 1 aliphatic heterocycles. The van der Waals surface area contributed by atoms with Crippen molar-refractivity contribution in [2.24, 2.45) is 5.92 Å². The number of ether oxygens (including phenoxy) is 1. The van der Waals surface area contributed by atoms with Gasteiger partial charge in [0.15, 0.2) is 0 Å². The van der Waals surface area contributed by atoms with Gasteiger partial charge in [0.25, 0.3) is 0 Å². The van der Waals surface area contributed by atoms with Crippen molar-refractivity contribution in [3.8, 4) is 0 Å². The SMILES string of the molecule is O=C1CCCC=CCC(CC(=O)N(CCO)Cc2ccccc2)C(=O)NCC(c2ccccc2)O1. The molecule has 3 rings (SSSR count). The van der Waals surface area contributed by atoms with Gasteiger partial charge >= 0.3 is 5.97 Å². The first kappa shape index (κ1) is 26.2. The fraction of sp³-hybridized carbons (Fsp3) is 0.393. The molecule has 0 saturated heterocycles. The molecule has 0 aromatic heterocycles. The van der Waals surface area contributed by atoms with E-state index in [1.165, 1.54) is 0 Å². The Morgan fingerprint density at radius 2 is 1.74 bits per heavy atom. The van der Waals surface area contributed by atoms with Gasteiger partial charge in [0.05, 0.1) is 19.1 Å². The number of aliphatic hydroxyl groups excluding tert-OH is 1. The fourth-order valence-corrected chi connectivity index (χ4v) is 4.03. The molecule has 7 heteroatoms. The summed E-state index contributed by atoms with van der Waals surface area (Å²) in [6.45, 7) is 0.549. The molecular weight excluding hydrogens is 444 g/mol. The van der Waals surface area contributed by atoms with Crippen LogP contribution in [0.25, 0.3) is 0 Å². The molecule has 35 heavy (non-hydrogen) atoms. The fourth-order valence-electron chi connectivity index (χ4n) is 4.03. The number of hydrogen-bond acceptors (Lipinski definition) is 5. The number of carbonyl (C=O) groups excluding carboxylic acids is 3. The van der Waals surface area contributed by atoms with Gasteiger partial charge in [-0.25, -0.2) is 0 Å². The third kappa shape index (κ3) is 8.68. The second-order valence-electron chi connectivity index (χ2n) is 8.66. The lowest BCUT2D eigenvalue weighted by Gasteiger charge is -2.25. The number of allylic oxidation sites excluding steroid dienone is 2. The number of amides is 2. The Kier molecular flexibility index (Phi) is 10.5. The highest BCUT2D eigenvalue weighted by Gasteiger charge is 2.26. The maximum Gasteiger partial charge on any atom is 0.306 e. The molecule has 1 aliphatic rings. The summed E-state index contributed by atoms with van der Waals surface area (Å²) >= 11 is 0. The molecule has 2 unspecified atom stereocenters. The van der Waals surface area contributed by atoms with Crippen LogP contribution in [0.1, 0.15) is 49.3 Å². The molecule has 2 atom stereocenters. The molecule has 0 aliphatic carbocycles. The van der Waals surface area contributed by atoms with E-state index in [4.69, 9.17) is 4.74 Å². The molecule has 0 fully saturated rings. The van der Waals surface area contributed by atoms with Crippen molar-refractivity contribution < 1.29 is 24.2 Å². The largest absolute Gasteiger partial charge is 0.456 e. The average Bonchev–Trinajstić information content (AvgIpc) is 2.89. The lowest BCUT2D eigenvalue weighted by atomic mass is 9.98. The van der Waals surface area contributed by atoms with Crippen LogP contribution in [0.5, 0.6) is 0 Å². The molecule has 1 heterocycles. The van der Waals surface area contributed by atoms with E-state index in [-0.39, 0.29) is 43.9 Å². The van der Waals surface area contributed by atoms with Gasteiger partial charge in [0.2, 0.25) is 11.8 Å². The van der Waals surface area contributed by atoms with Crippen molar-refractivity contribution in [1.82, 2.24) is 10.2 Å². The lowest BCUT2D eigenvalue weighted by Crippen LogP contribution is -2.39. The van der Waals surface area contributed by atoms with Crippen molar-refractivity contribution in [3.63, 3.8) is 0 Å². The monoisotopic (exact) mass is 478 g/mol. The van der Waals surface area contributed by atoms with Gasteiger partial charge < -0.3 is 20.1 Å². The van der Waals surface area contributed by atoms with Crippen LogP contribution in [0.4, 0.5) is 0 Å². The van der Waals surface area contributed by atoms with Crippen molar-refractivity contribution in [2.75, 3.05) is 19.7 Å². The summed E-state index contributed by atoms with van der Waals surface area (Å²) in [5.41, 5.74) is 1.76. The highest BCUT2D eigenvalue weighted by atomic mass is 16.5. The van der Waals surface area contributed by atoms with Gasteiger partial charge in [-0.15, -0.1) is 0 Å². The Bertz CT molecular complexity index is 977. The summed E-state index contributed by atoms with van der Waals surface area (Å²) in [4.78, 5) is 40.2. The molecule has 2 aromatic rings. The second kappa shape index (κ2) is 14.1. The Labute approximate surface area is 206 Å². The molecule has 2 amide bonds. The number of esters is 1. The van der Waals surface area contributed by atoms with Crippen molar-refractivity contribution >= 4 is 17.8 Å². The predicted molar refractivity (Wildman–Crippen MR) is 133 cm³/mol. The first-order valence-electron chi connectivity index (χ1n) is 12.2. The smallest absolute Gasteiger partial charge is 0.306 e. The summed E-state index contributed by atoms with van der Waals surface area (Å²) in [6.07, 6.45) is 5.35. The third-order valence-corrected chi connectivity index (χ3v) is 5.98. The second-order valence-corrected chi connectivity index (χ2v) is 8.66. The van der Waals surface area contributed by atoms with Gasteiger partial charge in [-0.2, -0.15) is 0 Å². The number of cyclic esters (lactones) is 1. The van der Waals surface area contributed by atoms with E-state index in [0.29, 0.717) is 32.2 Å². The maximum absolute atomic E-state index is 13.2. The maximum atomic E-state index is 13.2. The first-order chi connectivity index (χ1) is 17.1. The standard InChI is InChI=1S/C28H34N2O5/c31-18-17-30(21-22-11-5-3-6-12-22)26(32)19-24-15-7-1-2-10-16-27(33)35-25(20-29-28(24)34)23-13-8-4-9-14-23/h1,3-9,11-14,24-25,31H,2,10,15-21H2,(H,29,34). The minimum atomic E-state index is -0.596. The summed E-state index contributed by atoms with van der Waals surface area (Å²) in [5.74, 6) is -1.31. The molecule has 0 radical (unpaired) electrons. The van der Waals surface area contributed by atoms with E-state index in [0.717, 1.165) is 11.1 Å². The minimum Gasteiger partial charge on any atom is -0.456 e. The van der Waals surface area contributed by atoms with E-state index >= 15 is 0 Å². The Balaban J connectivity index is 1.72. The molecule has 2 aromatic carbocycles. The number of aliphatic hydroxyl groups is 1. The van der Waals surface area contributed by atoms with Gasteiger partial charge in [-0.3, -0.25) is 14.4 Å². The van der Waals surface area contributed by atoms with E-state index in [1.54, 1.807) is 4.90 Å². The Morgan fingerprint density at radius 3 is 2.46 bits per heavy atom. The summed E-state index contributed by atoms with van der Waals surface area (Å²) in [7, 11) is 0. The van der Waals surface area contributed by atoms with Gasteiger partial charge in [0, 0.05) is 25.9 Å². The van der Waals surface area contributed by atoms with E-state index in [1.807, 2.05) is 72.8 Å². The van der Waals surface area contributed by atoms with Crippen LogP contribution in [-0.2, 0) is 25.7 Å². The van der Waals surface area contributed by atoms with Crippen LogP contribution in [0.3, 0.4) is 0 Å². The summed E-state index contributed by atoms with van der Waals surface area (Å²) in [6, 6.07) is 18.9. The van der Waals surface area contributed by atoms with Crippen molar-refractivity contribution in [2.45, 2.75) is 44.8 Å². The highest BCUT2D eigenvalue weighted by molar-refractivity contribution is 5.86. The minimum absolute atomic E-state index is 0.0266. The quantitative estimate of drug-likeness (QED) is 0.469. The van der Waals surface area contributed by atoms with E-state index < -0.39 is 12.0 Å². The van der Waals surface area contributed by atoms with Crippen LogP contribution in [0.15, 0.2) is 72.8 Å². The average molecular weight is 479 g/mol. The van der Waals surface area contributed by atoms with Crippen LogP contribution >= 0.6 is 0 Å².